The minimum atomic E-state index is -5.02. The van der Waals surface area contributed by atoms with Gasteiger partial charge in [0.1, 0.15) is 11.5 Å². The molecular weight excluding hydrogens is 420 g/mol. The van der Waals surface area contributed by atoms with Gasteiger partial charge in [0.2, 0.25) is 0 Å². The molecule has 0 aromatic heterocycles. The Balaban J connectivity index is 1.52. The van der Waals surface area contributed by atoms with Crippen molar-refractivity contribution in [3.8, 4) is 17.2 Å². The first-order valence-corrected chi connectivity index (χ1v) is 9.44. The van der Waals surface area contributed by atoms with Gasteiger partial charge in [-0.3, -0.25) is 0 Å². The number of esters is 1. The lowest BCUT2D eigenvalue weighted by Gasteiger charge is -2.40. The highest BCUT2D eigenvalue weighted by Gasteiger charge is 2.37. The molecule has 0 aliphatic carbocycles. The van der Waals surface area contributed by atoms with Crippen LogP contribution < -0.4 is 14.2 Å². The SMILES string of the molecule is CCC1(COc2ccc(C=CC(=O)Oc3ccc(OC(F)(F)F)c(F)c3)cc2)COC1. The molecule has 1 aliphatic rings. The lowest BCUT2D eigenvalue weighted by Crippen LogP contribution is -2.46. The van der Waals surface area contributed by atoms with Crippen LogP contribution in [0.2, 0.25) is 0 Å². The molecule has 3 rings (SSSR count). The summed E-state index contributed by atoms with van der Waals surface area (Å²) in [6, 6.07) is 9.39. The highest BCUT2D eigenvalue weighted by atomic mass is 19.4. The van der Waals surface area contributed by atoms with E-state index in [1.165, 1.54) is 6.08 Å². The monoisotopic (exact) mass is 440 g/mol. The number of carbonyl (C=O) groups is 1. The van der Waals surface area contributed by atoms with E-state index < -0.39 is 23.9 Å². The van der Waals surface area contributed by atoms with Crippen molar-refractivity contribution in [2.75, 3.05) is 19.8 Å². The molecule has 31 heavy (non-hydrogen) atoms. The largest absolute Gasteiger partial charge is 0.573 e. The second kappa shape index (κ2) is 9.38. The van der Waals surface area contributed by atoms with Crippen LogP contribution in [-0.4, -0.2) is 32.2 Å². The molecule has 0 bridgehead atoms. The molecule has 0 radical (unpaired) electrons. The average Bonchev–Trinajstić information content (AvgIpc) is 2.68. The number of halogens is 4. The van der Waals surface area contributed by atoms with Gasteiger partial charge < -0.3 is 18.9 Å². The summed E-state index contributed by atoms with van der Waals surface area (Å²) in [6.45, 7) is 4.04. The van der Waals surface area contributed by atoms with E-state index in [2.05, 4.69) is 11.7 Å². The van der Waals surface area contributed by atoms with Crippen molar-refractivity contribution in [1.82, 2.24) is 0 Å². The fourth-order valence-electron chi connectivity index (χ4n) is 2.76. The molecule has 0 spiro atoms. The molecule has 0 unspecified atom stereocenters. The summed E-state index contributed by atoms with van der Waals surface area (Å²) in [5.74, 6) is -2.70. The standard InChI is InChI=1S/C22H20F4O5/c1-2-21(12-28-13-21)14-29-16-6-3-15(4-7-16)5-10-20(27)30-17-8-9-19(18(23)11-17)31-22(24,25)26/h3-11H,2,12-14H2,1H3. The first-order valence-electron chi connectivity index (χ1n) is 9.44. The molecule has 1 saturated heterocycles. The van der Waals surface area contributed by atoms with Gasteiger partial charge in [0.05, 0.1) is 25.2 Å². The molecule has 1 heterocycles. The first-order chi connectivity index (χ1) is 14.7. The number of alkyl halides is 3. The quantitative estimate of drug-likeness (QED) is 0.246. The minimum absolute atomic E-state index is 0.0683. The number of hydrogen-bond donors (Lipinski definition) is 0. The predicted molar refractivity (Wildman–Crippen MR) is 103 cm³/mol. The van der Waals surface area contributed by atoms with Gasteiger partial charge in [-0.1, -0.05) is 19.1 Å². The number of benzene rings is 2. The normalized spacial score (nSPS) is 15.4. The van der Waals surface area contributed by atoms with Gasteiger partial charge >= 0.3 is 12.3 Å². The summed E-state index contributed by atoms with van der Waals surface area (Å²) in [6.07, 6.45) is -1.45. The van der Waals surface area contributed by atoms with E-state index in [1.807, 2.05) is 0 Å². The van der Waals surface area contributed by atoms with Crippen LogP contribution in [0, 0.1) is 11.2 Å². The van der Waals surface area contributed by atoms with Crippen LogP contribution in [0.5, 0.6) is 17.2 Å². The maximum atomic E-state index is 13.7. The lowest BCUT2D eigenvalue weighted by atomic mass is 9.84. The van der Waals surface area contributed by atoms with Gasteiger partial charge in [-0.15, -0.1) is 13.2 Å². The van der Waals surface area contributed by atoms with E-state index in [-0.39, 0.29) is 11.2 Å². The zero-order valence-electron chi connectivity index (χ0n) is 16.6. The Bertz CT molecular complexity index is 928. The lowest BCUT2D eigenvalue weighted by molar-refractivity contribution is -0.275. The van der Waals surface area contributed by atoms with Crippen LogP contribution in [0.4, 0.5) is 17.6 Å². The zero-order chi connectivity index (χ0) is 22.5. The molecule has 0 amide bonds. The Morgan fingerprint density at radius 2 is 1.81 bits per heavy atom. The van der Waals surface area contributed by atoms with E-state index in [4.69, 9.17) is 14.2 Å². The second-order valence-electron chi connectivity index (χ2n) is 7.10. The number of hydrogen-bond acceptors (Lipinski definition) is 5. The number of carbonyl (C=O) groups excluding carboxylic acids is 1. The van der Waals surface area contributed by atoms with Crippen LogP contribution in [-0.2, 0) is 9.53 Å². The Kier molecular flexibility index (Phi) is 6.84. The third-order valence-electron chi connectivity index (χ3n) is 4.75. The fraction of sp³-hybridized carbons (Fsp3) is 0.318. The molecule has 0 N–H and O–H groups in total. The Hall–Kier alpha value is -3.07. The molecule has 1 fully saturated rings. The maximum absolute atomic E-state index is 13.7. The average molecular weight is 440 g/mol. The van der Waals surface area contributed by atoms with Crippen LogP contribution >= 0.6 is 0 Å². The minimum Gasteiger partial charge on any atom is -0.493 e. The molecular formula is C22H20F4O5. The van der Waals surface area contributed by atoms with Gasteiger partial charge in [-0.25, -0.2) is 9.18 Å². The van der Waals surface area contributed by atoms with Crippen molar-refractivity contribution in [2.24, 2.45) is 5.41 Å². The van der Waals surface area contributed by atoms with Crippen molar-refractivity contribution >= 4 is 12.0 Å². The van der Waals surface area contributed by atoms with Crippen molar-refractivity contribution in [2.45, 2.75) is 19.7 Å². The highest BCUT2D eigenvalue weighted by Crippen LogP contribution is 2.32. The maximum Gasteiger partial charge on any atom is 0.573 e. The molecule has 5 nitrogen and oxygen atoms in total. The first kappa shape index (κ1) is 22.6. The van der Waals surface area contributed by atoms with Crippen molar-refractivity contribution in [3.05, 3.63) is 59.9 Å². The third-order valence-corrected chi connectivity index (χ3v) is 4.75. The summed E-state index contributed by atoms with van der Waals surface area (Å²) in [5, 5.41) is 0. The summed E-state index contributed by atoms with van der Waals surface area (Å²) in [7, 11) is 0. The summed E-state index contributed by atoms with van der Waals surface area (Å²) in [5.41, 5.74) is 0.764. The van der Waals surface area contributed by atoms with Gasteiger partial charge in [0.25, 0.3) is 0 Å². The topological polar surface area (TPSA) is 54.0 Å². The number of ether oxygens (including phenoxy) is 4. The number of rotatable bonds is 8. The highest BCUT2D eigenvalue weighted by molar-refractivity contribution is 5.88. The van der Waals surface area contributed by atoms with Gasteiger partial charge in [-0.2, -0.15) is 0 Å². The molecule has 2 aromatic rings. The Morgan fingerprint density at radius 3 is 2.35 bits per heavy atom. The van der Waals surface area contributed by atoms with Crippen LogP contribution in [0.1, 0.15) is 18.9 Å². The second-order valence-corrected chi connectivity index (χ2v) is 7.10. The van der Waals surface area contributed by atoms with E-state index in [1.54, 1.807) is 24.3 Å². The van der Waals surface area contributed by atoms with E-state index in [0.717, 1.165) is 24.6 Å². The molecule has 166 valence electrons. The Morgan fingerprint density at radius 1 is 1.13 bits per heavy atom. The van der Waals surface area contributed by atoms with Crippen LogP contribution in [0.15, 0.2) is 48.5 Å². The van der Waals surface area contributed by atoms with E-state index in [9.17, 15) is 22.4 Å². The Labute approximate surface area is 176 Å². The van der Waals surface area contributed by atoms with Crippen molar-refractivity contribution in [1.29, 1.82) is 0 Å². The molecule has 1 aliphatic heterocycles. The van der Waals surface area contributed by atoms with Crippen LogP contribution in [0.3, 0.4) is 0 Å². The van der Waals surface area contributed by atoms with E-state index >= 15 is 0 Å². The van der Waals surface area contributed by atoms with Gasteiger partial charge in [-0.05, 0) is 42.3 Å². The summed E-state index contributed by atoms with van der Waals surface area (Å²) < 4.78 is 69.6. The van der Waals surface area contributed by atoms with E-state index in [0.29, 0.717) is 37.2 Å². The van der Waals surface area contributed by atoms with Crippen molar-refractivity contribution in [3.63, 3.8) is 0 Å². The van der Waals surface area contributed by atoms with Crippen molar-refractivity contribution < 1.29 is 41.3 Å². The molecule has 2 aromatic carbocycles. The summed E-state index contributed by atoms with van der Waals surface area (Å²) in [4.78, 5) is 11.9. The third kappa shape index (κ3) is 6.45. The smallest absolute Gasteiger partial charge is 0.493 e. The molecule has 9 heteroatoms. The van der Waals surface area contributed by atoms with Gasteiger partial charge in [0.15, 0.2) is 11.6 Å². The summed E-state index contributed by atoms with van der Waals surface area (Å²) >= 11 is 0. The van der Waals surface area contributed by atoms with Crippen LogP contribution in [0.25, 0.3) is 6.08 Å². The zero-order valence-corrected chi connectivity index (χ0v) is 16.6. The molecule has 0 saturated carbocycles. The predicted octanol–water partition coefficient (Wildman–Crippen LogP) is 5.15. The fourth-order valence-corrected chi connectivity index (χ4v) is 2.76. The van der Waals surface area contributed by atoms with Gasteiger partial charge in [0, 0.05) is 12.1 Å². The molecule has 0 atom stereocenters.